The van der Waals surface area contributed by atoms with Gasteiger partial charge < -0.3 is 25.3 Å². The van der Waals surface area contributed by atoms with E-state index in [1.54, 1.807) is 7.11 Å². The number of imidazole rings is 1. The van der Waals surface area contributed by atoms with Crippen molar-refractivity contribution in [2.24, 2.45) is 0 Å². The zero-order chi connectivity index (χ0) is 37.4. The summed E-state index contributed by atoms with van der Waals surface area (Å²) >= 11 is 0. The third-order valence-corrected chi connectivity index (χ3v) is 9.87. The van der Waals surface area contributed by atoms with Crippen LogP contribution >= 0.6 is 0 Å². The van der Waals surface area contributed by atoms with Gasteiger partial charge in [0, 0.05) is 52.0 Å². The van der Waals surface area contributed by atoms with Crippen LogP contribution in [0.2, 0.25) is 0 Å². The van der Waals surface area contributed by atoms with E-state index in [4.69, 9.17) is 14.3 Å². The van der Waals surface area contributed by atoms with Gasteiger partial charge in [0.05, 0.1) is 40.8 Å². The molecule has 0 unspecified atom stereocenters. The number of nitrogens with zero attached hydrogens (tertiary/aromatic N) is 4. The van der Waals surface area contributed by atoms with Crippen LogP contribution in [0.4, 0.5) is 11.5 Å². The lowest BCUT2D eigenvalue weighted by molar-refractivity contribution is 0.331. The first-order valence-electron chi connectivity index (χ1n) is 17.5. The Hall–Kier alpha value is -5.50. The highest BCUT2D eigenvalue weighted by Gasteiger charge is 2.18. The van der Waals surface area contributed by atoms with Crippen molar-refractivity contribution in [3.05, 3.63) is 94.5 Å². The average Bonchev–Trinajstić information content (AvgIpc) is 3.75. The second-order valence-corrected chi connectivity index (χ2v) is 15.0. The van der Waals surface area contributed by atoms with Gasteiger partial charge in [0.15, 0.2) is 5.43 Å². The quantitative estimate of drug-likeness (QED) is 0.0622. The Morgan fingerprint density at radius 1 is 0.887 bits per heavy atom. The molecule has 8 rings (SSSR count). The smallest absolute Gasteiger partial charge is 0.261 e. The Kier molecular flexibility index (Phi) is 9.81. The molecule has 13 heteroatoms. The van der Waals surface area contributed by atoms with E-state index in [1.165, 1.54) is 38.2 Å². The Bertz CT molecular complexity index is 2790. The van der Waals surface area contributed by atoms with Crippen molar-refractivity contribution in [2.75, 3.05) is 57.2 Å². The Morgan fingerprint density at radius 3 is 2.38 bits per heavy atom. The Labute approximate surface area is 306 Å². The maximum Gasteiger partial charge on any atom is 0.261 e. The lowest BCUT2D eigenvalue weighted by Crippen LogP contribution is -2.24. The first-order chi connectivity index (χ1) is 25.4. The molecule has 4 aromatic carbocycles. The largest absolute Gasteiger partial charge is 0.497 e. The first-order valence-corrected chi connectivity index (χ1v) is 19.4. The highest BCUT2D eigenvalue weighted by atomic mass is 32.2. The van der Waals surface area contributed by atoms with Crippen LogP contribution in [0.15, 0.2) is 78.0 Å². The van der Waals surface area contributed by atoms with Gasteiger partial charge in [-0.25, -0.2) is 9.97 Å². The van der Waals surface area contributed by atoms with E-state index < -0.39 is 10.1 Å². The summed E-state index contributed by atoms with van der Waals surface area (Å²) in [6.07, 6.45) is 6.38. The molecule has 0 aliphatic heterocycles. The van der Waals surface area contributed by atoms with Crippen LogP contribution in [0.25, 0.3) is 59.9 Å². The second-order valence-electron chi connectivity index (χ2n) is 13.5. The molecule has 12 nitrogen and oxygen atoms in total. The van der Waals surface area contributed by atoms with Crippen LogP contribution in [0.1, 0.15) is 24.0 Å². The molecule has 274 valence electrons. The van der Waals surface area contributed by atoms with E-state index in [0.29, 0.717) is 17.0 Å². The summed E-state index contributed by atoms with van der Waals surface area (Å²) in [5.74, 6) is 1.78. The van der Waals surface area contributed by atoms with Crippen molar-refractivity contribution in [3.8, 4) is 5.75 Å². The number of anilines is 2. The monoisotopic (exact) mass is 733 g/mol. The SMILES string of the molecule is COc1ccc2[nH]c3c(C)c4ccnc(NCCCN(C)CCCNc5ccc6ncn7c8ccccc8c(=O)c5c67)c4c(C)c3c2c1.CS(=O)(=O)O. The van der Waals surface area contributed by atoms with E-state index in [0.717, 1.165) is 78.3 Å². The molecule has 0 aliphatic rings. The number of H-pyrrole nitrogens is 1. The summed E-state index contributed by atoms with van der Waals surface area (Å²) in [5, 5.41) is 13.4. The molecule has 4 heterocycles. The van der Waals surface area contributed by atoms with Gasteiger partial charge in [0.2, 0.25) is 0 Å². The van der Waals surface area contributed by atoms with Crippen LogP contribution in [-0.2, 0) is 10.1 Å². The maximum atomic E-state index is 13.5. The number of hydrogen-bond acceptors (Lipinski definition) is 9. The predicted octanol–water partition coefficient (Wildman–Crippen LogP) is 6.99. The number of hydrogen-bond donors (Lipinski definition) is 4. The van der Waals surface area contributed by atoms with Gasteiger partial charge >= 0.3 is 0 Å². The lowest BCUT2D eigenvalue weighted by Gasteiger charge is -2.18. The van der Waals surface area contributed by atoms with Crippen molar-refractivity contribution in [1.29, 1.82) is 0 Å². The standard InChI is InChI=1S/C39H39N7O2.CH4O3S/c1-23-26-15-18-42-39(34(26)24(2)33-28-21-25(48-4)11-12-29(28)44-36(23)33)41-17-8-20-45(3)19-7-16-40-30-13-14-31-37-35(30)38(47)27-9-5-6-10-32(27)46(37)22-43-31;1-5(2,3)4/h5-6,9-15,18,21-22,40,44H,7-8,16-17,19-20H2,1-4H3,(H,41,42);1H3,(H,2,3,4). The number of rotatable bonds is 11. The Balaban J connectivity index is 0.000000817. The van der Waals surface area contributed by atoms with Gasteiger partial charge in [0.25, 0.3) is 10.1 Å². The number of aromatic nitrogens is 4. The molecule has 0 saturated heterocycles. The van der Waals surface area contributed by atoms with Crippen LogP contribution in [0, 0.1) is 13.8 Å². The molecule has 0 amide bonds. The fraction of sp³-hybridized carbons (Fsp3) is 0.275. The minimum absolute atomic E-state index is 0.0495. The van der Waals surface area contributed by atoms with E-state index in [1.807, 2.05) is 59.4 Å². The highest BCUT2D eigenvalue weighted by Crippen LogP contribution is 2.39. The molecule has 0 spiro atoms. The van der Waals surface area contributed by atoms with Gasteiger partial charge in [-0.3, -0.25) is 13.7 Å². The molecular formula is C40H43N7O5S. The number of fused-ring (bicyclic) bond motifs is 6. The van der Waals surface area contributed by atoms with E-state index in [-0.39, 0.29) is 5.43 Å². The number of pyridine rings is 2. The summed E-state index contributed by atoms with van der Waals surface area (Å²) in [6, 6.07) is 20.0. The summed E-state index contributed by atoms with van der Waals surface area (Å²) in [6.45, 7) is 7.90. The number of para-hydroxylation sites is 1. The normalized spacial score (nSPS) is 12.1. The van der Waals surface area contributed by atoms with Crippen LogP contribution in [-0.4, -0.2) is 83.8 Å². The molecule has 0 aliphatic carbocycles. The summed E-state index contributed by atoms with van der Waals surface area (Å²) in [7, 11) is 0.209. The molecule has 0 saturated carbocycles. The lowest BCUT2D eigenvalue weighted by atomic mass is 9.96. The van der Waals surface area contributed by atoms with E-state index in [2.05, 4.69) is 64.6 Å². The van der Waals surface area contributed by atoms with E-state index >= 15 is 0 Å². The molecule has 4 N–H and O–H groups in total. The molecule has 0 fully saturated rings. The fourth-order valence-electron chi connectivity index (χ4n) is 7.43. The summed E-state index contributed by atoms with van der Waals surface area (Å²) in [5.41, 5.74) is 8.24. The predicted molar refractivity (Wildman–Crippen MR) is 216 cm³/mol. The molecule has 4 aromatic heterocycles. The van der Waals surface area contributed by atoms with Crippen LogP contribution in [0.5, 0.6) is 5.75 Å². The summed E-state index contributed by atoms with van der Waals surface area (Å²) in [4.78, 5) is 28.9. The molecule has 0 radical (unpaired) electrons. The minimum atomic E-state index is -3.67. The first kappa shape index (κ1) is 35.9. The number of nitrogens with one attached hydrogen (secondary N) is 3. The average molecular weight is 734 g/mol. The van der Waals surface area contributed by atoms with Gasteiger partial charge in [-0.05, 0) is 112 Å². The highest BCUT2D eigenvalue weighted by molar-refractivity contribution is 7.85. The van der Waals surface area contributed by atoms with Crippen molar-refractivity contribution in [3.63, 3.8) is 0 Å². The zero-order valence-electron chi connectivity index (χ0n) is 30.4. The second kappa shape index (κ2) is 14.5. The molecule has 0 atom stereocenters. The molecular weight excluding hydrogens is 691 g/mol. The summed E-state index contributed by atoms with van der Waals surface area (Å²) < 4.78 is 33.4. The maximum absolute atomic E-state index is 13.5. The van der Waals surface area contributed by atoms with Gasteiger partial charge in [0.1, 0.15) is 17.9 Å². The minimum Gasteiger partial charge on any atom is -0.497 e. The van der Waals surface area contributed by atoms with E-state index in [9.17, 15) is 13.2 Å². The topological polar surface area (TPSA) is 154 Å². The number of ether oxygens (including phenoxy) is 1. The van der Waals surface area contributed by atoms with Crippen molar-refractivity contribution in [2.45, 2.75) is 26.7 Å². The van der Waals surface area contributed by atoms with Crippen molar-refractivity contribution < 1.29 is 17.7 Å². The number of aryl methyl sites for hydroxylation is 2. The number of benzene rings is 4. The molecule has 8 aromatic rings. The number of methoxy groups -OCH3 is 1. The molecule has 0 bridgehead atoms. The van der Waals surface area contributed by atoms with Crippen LogP contribution < -0.4 is 20.8 Å². The number of aromatic amines is 1. The Morgan fingerprint density at radius 2 is 1.62 bits per heavy atom. The third kappa shape index (κ3) is 7.02. The van der Waals surface area contributed by atoms with Gasteiger partial charge in [-0.1, -0.05) is 12.1 Å². The molecule has 53 heavy (non-hydrogen) atoms. The van der Waals surface area contributed by atoms with Crippen LogP contribution in [0.3, 0.4) is 0 Å². The van der Waals surface area contributed by atoms with Crippen molar-refractivity contribution >= 4 is 81.5 Å². The third-order valence-electron chi connectivity index (χ3n) is 9.87. The van der Waals surface area contributed by atoms with Gasteiger partial charge in [-0.2, -0.15) is 8.42 Å². The van der Waals surface area contributed by atoms with Gasteiger partial charge in [-0.15, -0.1) is 0 Å². The zero-order valence-corrected chi connectivity index (χ0v) is 31.3. The fourth-order valence-corrected chi connectivity index (χ4v) is 7.43. The van der Waals surface area contributed by atoms with Crippen molar-refractivity contribution in [1.82, 2.24) is 24.3 Å².